The fourth-order valence-corrected chi connectivity index (χ4v) is 0.749. The third-order valence-electron chi connectivity index (χ3n) is 1.40. The van der Waals surface area contributed by atoms with Crippen LogP contribution in [0.25, 0.3) is 0 Å². The van der Waals surface area contributed by atoms with Crippen LogP contribution in [0.15, 0.2) is 18.6 Å². The van der Waals surface area contributed by atoms with Crippen LogP contribution in [0.4, 0.5) is 13.2 Å². The van der Waals surface area contributed by atoms with E-state index in [-0.39, 0.29) is 5.69 Å². The van der Waals surface area contributed by atoms with Crippen LogP contribution in [0.2, 0.25) is 0 Å². The van der Waals surface area contributed by atoms with E-state index in [1.807, 2.05) is 0 Å². The molecule has 0 aliphatic carbocycles. The Balaban J connectivity index is 2.61. The molecule has 1 aromatic heterocycles. The van der Waals surface area contributed by atoms with Crippen LogP contribution in [0.1, 0.15) is 5.69 Å². The van der Waals surface area contributed by atoms with E-state index in [0.717, 1.165) is 0 Å². The van der Waals surface area contributed by atoms with E-state index in [4.69, 9.17) is 5.11 Å². The summed E-state index contributed by atoms with van der Waals surface area (Å²) in [7, 11) is 0. The third-order valence-corrected chi connectivity index (χ3v) is 1.40. The van der Waals surface area contributed by atoms with Gasteiger partial charge in [-0.3, -0.25) is 9.97 Å². The van der Waals surface area contributed by atoms with Crippen molar-refractivity contribution in [2.75, 3.05) is 0 Å². The molecule has 1 atom stereocenters. The molecule has 0 amide bonds. The van der Waals surface area contributed by atoms with E-state index in [0.29, 0.717) is 0 Å². The summed E-state index contributed by atoms with van der Waals surface area (Å²) in [6.07, 6.45) is -3.71. The van der Waals surface area contributed by atoms with Gasteiger partial charge in [0.05, 0.1) is 5.69 Å². The highest BCUT2D eigenvalue weighted by Gasteiger charge is 2.38. The number of alkyl halides is 3. The second-order valence-corrected chi connectivity index (χ2v) is 2.46. The Kier molecular flexibility index (Phi) is 2.82. The van der Waals surface area contributed by atoms with E-state index in [1.165, 1.54) is 18.6 Å². The lowest BCUT2D eigenvalue weighted by atomic mass is 10.2. The maximum absolute atomic E-state index is 11.8. The molecule has 1 rings (SSSR count). The van der Waals surface area contributed by atoms with Crippen molar-refractivity contribution >= 4 is 0 Å². The molecule has 72 valence electrons. The molecule has 0 aromatic carbocycles. The molecule has 0 aliphatic heterocycles. The number of halogens is 3. The first kappa shape index (κ1) is 9.91. The van der Waals surface area contributed by atoms with Crippen molar-refractivity contribution in [3.63, 3.8) is 0 Å². The van der Waals surface area contributed by atoms with Gasteiger partial charge in [0, 0.05) is 25.0 Å². The van der Waals surface area contributed by atoms with Crippen LogP contribution in [0.5, 0.6) is 0 Å². The summed E-state index contributed by atoms with van der Waals surface area (Å²) in [6.45, 7) is 0. The van der Waals surface area contributed by atoms with E-state index in [2.05, 4.69) is 9.97 Å². The summed E-state index contributed by atoms with van der Waals surface area (Å²) in [5.41, 5.74) is 0.118. The van der Waals surface area contributed by atoms with Gasteiger partial charge in [-0.2, -0.15) is 13.2 Å². The minimum atomic E-state index is -4.60. The molecule has 0 fully saturated rings. The smallest absolute Gasteiger partial charge is 0.383 e. The highest BCUT2D eigenvalue weighted by Crippen LogP contribution is 2.21. The van der Waals surface area contributed by atoms with Gasteiger partial charge in [0.15, 0.2) is 6.10 Å². The SMILES string of the molecule is OC(Cc1cnccn1)C(F)(F)F. The van der Waals surface area contributed by atoms with E-state index >= 15 is 0 Å². The number of aliphatic hydroxyl groups is 1. The minimum absolute atomic E-state index is 0.118. The van der Waals surface area contributed by atoms with Gasteiger partial charge >= 0.3 is 6.18 Å². The van der Waals surface area contributed by atoms with E-state index in [1.54, 1.807) is 0 Å². The van der Waals surface area contributed by atoms with Crippen molar-refractivity contribution in [1.82, 2.24) is 9.97 Å². The lowest BCUT2D eigenvalue weighted by molar-refractivity contribution is -0.203. The average molecular weight is 192 g/mol. The number of hydrogen-bond acceptors (Lipinski definition) is 3. The first-order chi connectivity index (χ1) is 6.00. The topological polar surface area (TPSA) is 46.0 Å². The summed E-state index contributed by atoms with van der Waals surface area (Å²) < 4.78 is 35.5. The molecular weight excluding hydrogens is 185 g/mol. The van der Waals surface area contributed by atoms with Crippen LogP contribution in [-0.2, 0) is 6.42 Å². The number of aliphatic hydroxyl groups excluding tert-OH is 1. The van der Waals surface area contributed by atoms with Gasteiger partial charge in [-0.15, -0.1) is 0 Å². The first-order valence-corrected chi connectivity index (χ1v) is 3.50. The molecule has 0 saturated heterocycles. The van der Waals surface area contributed by atoms with Crippen molar-refractivity contribution in [3.8, 4) is 0 Å². The Bertz CT molecular complexity index is 262. The maximum Gasteiger partial charge on any atom is 0.414 e. The van der Waals surface area contributed by atoms with Crippen molar-refractivity contribution in [2.45, 2.75) is 18.7 Å². The zero-order valence-corrected chi connectivity index (χ0v) is 6.49. The van der Waals surface area contributed by atoms with Gasteiger partial charge in [-0.25, -0.2) is 0 Å². The van der Waals surface area contributed by atoms with Crippen molar-refractivity contribution in [2.24, 2.45) is 0 Å². The fourth-order valence-electron chi connectivity index (χ4n) is 0.749. The predicted molar refractivity (Wildman–Crippen MR) is 37.8 cm³/mol. The molecule has 13 heavy (non-hydrogen) atoms. The van der Waals surface area contributed by atoms with Crippen LogP contribution in [0.3, 0.4) is 0 Å². The van der Waals surface area contributed by atoms with Crippen molar-refractivity contribution < 1.29 is 18.3 Å². The number of aromatic nitrogens is 2. The van der Waals surface area contributed by atoms with Crippen LogP contribution >= 0.6 is 0 Å². The van der Waals surface area contributed by atoms with Crippen LogP contribution in [0, 0.1) is 0 Å². The van der Waals surface area contributed by atoms with Gasteiger partial charge in [-0.05, 0) is 0 Å². The summed E-state index contributed by atoms with van der Waals surface area (Å²) >= 11 is 0. The largest absolute Gasteiger partial charge is 0.414 e. The maximum atomic E-state index is 11.8. The lowest BCUT2D eigenvalue weighted by Gasteiger charge is -2.13. The molecule has 1 N–H and O–H groups in total. The Morgan fingerprint density at radius 1 is 1.38 bits per heavy atom. The molecule has 3 nitrogen and oxygen atoms in total. The monoisotopic (exact) mass is 192 g/mol. The Labute approximate surface area is 72.3 Å². The molecular formula is C7H7F3N2O. The lowest BCUT2D eigenvalue weighted by Crippen LogP contribution is -2.30. The molecule has 0 spiro atoms. The zero-order valence-electron chi connectivity index (χ0n) is 6.49. The highest BCUT2D eigenvalue weighted by molar-refractivity contribution is 4.97. The standard InChI is InChI=1S/C7H7F3N2O/c8-7(9,10)6(13)3-5-4-11-1-2-12-5/h1-2,4,6,13H,3H2. The average Bonchev–Trinajstić information content (AvgIpc) is 2.04. The summed E-state index contributed by atoms with van der Waals surface area (Å²) in [4.78, 5) is 7.19. The fraction of sp³-hybridized carbons (Fsp3) is 0.429. The Morgan fingerprint density at radius 2 is 2.08 bits per heavy atom. The molecule has 1 aromatic rings. The van der Waals surface area contributed by atoms with Crippen molar-refractivity contribution in [3.05, 3.63) is 24.3 Å². The van der Waals surface area contributed by atoms with Crippen molar-refractivity contribution in [1.29, 1.82) is 0 Å². The molecule has 6 heteroatoms. The molecule has 0 bridgehead atoms. The van der Waals surface area contributed by atoms with Crippen LogP contribution < -0.4 is 0 Å². The molecule has 1 unspecified atom stereocenters. The van der Waals surface area contributed by atoms with Crippen LogP contribution in [-0.4, -0.2) is 27.4 Å². The minimum Gasteiger partial charge on any atom is -0.383 e. The number of nitrogens with zero attached hydrogens (tertiary/aromatic N) is 2. The molecule has 0 saturated carbocycles. The Hall–Kier alpha value is -1.17. The number of rotatable bonds is 2. The summed E-state index contributed by atoms with van der Waals surface area (Å²) in [5.74, 6) is 0. The third kappa shape index (κ3) is 2.98. The second kappa shape index (κ2) is 3.69. The molecule has 0 radical (unpaired) electrons. The van der Waals surface area contributed by atoms with Gasteiger partial charge in [0.2, 0.25) is 0 Å². The first-order valence-electron chi connectivity index (χ1n) is 3.50. The van der Waals surface area contributed by atoms with Gasteiger partial charge in [0.1, 0.15) is 0 Å². The normalized spacial score (nSPS) is 14.2. The zero-order chi connectivity index (χ0) is 9.90. The quantitative estimate of drug-likeness (QED) is 0.758. The Morgan fingerprint density at radius 3 is 2.54 bits per heavy atom. The molecule has 0 aliphatic rings. The van der Waals surface area contributed by atoms with Gasteiger partial charge in [-0.1, -0.05) is 0 Å². The van der Waals surface area contributed by atoms with E-state index < -0.39 is 18.7 Å². The van der Waals surface area contributed by atoms with Gasteiger partial charge in [0.25, 0.3) is 0 Å². The van der Waals surface area contributed by atoms with Gasteiger partial charge < -0.3 is 5.11 Å². The summed E-state index contributed by atoms with van der Waals surface area (Å²) in [6, 6.07) is 0. The highest BCUT2D eigenvalue weighted by atomic mass is 19.4. The second-order valence-electron chi connectivity index (χ2n) is 2.46. The number of hydrogen-bond donors (Lipinski definition) is 1. The predicted octanol–water partition coefficient (Wildman–Crippen LogP) is 0.942. The molecule has 1 heterocycles. The van der Waals surface area contributed by atoms with E-state index in [9.17, 15) is 13.2 Å². The summed E-state index contributed by atoms with van der Waals surface area (Å²) in [5, 5.41) is 8.65.